The Balaban J connectivity index is 1.51. The molecular formula is C27H23ClO5. The first-order chi connectivity index (χ1) is 16.1. The van der Waals surface area contributed by atoms with Crippen molar-refractivity contribution in [2.24, 2.45) is 0 Å². The number of ether oxygens (including phenoxy) is 3. The van der Waals surface area contributed by atoms with Gasteiger partial charge >= 0.3 is 0 Å². The average molecular weight is 463 g/mol. The van der Waals surface area contributed by atoms with E-state index < -0.39 is 0 Å². The van der Waals surface area contributed by atoms with Crippen LogP contribution in [0.5, 0.6) is 17.2 Å². The molecular weight excluding hydrogens is 440 g/mol. The Morgan fingerprint density at radius 2 is 1.79 bits per heavy atom. The van der Waals surface area contributed by atoms with Crippen LogP contribution in [0.3, 0.4) is 0 Å². The van der Waals surface area contributed by atoms with Gasteiger partial charge in [-0.3, -0.25) is 4.79 Å². The van der Waals surface area contributed by atoms with Gasteiger partial charge < -0.3 is 18.6 Å². The largest absolute Gasteiger partial charge is 0.490 e. The SMILES string of the molecule is CCc1cc2c(=O)c(-c3ccc4c(c3)OCCCO4)coc2cc1OCc1ccccc1Cl. The Hall–Kier alpha value is -3.44. The molecule has 0 unspecified atom stereocenters. The van der Waals surface area contributed by atoms with Gasteiger partial charge in [0.15, 0.2) is 11.5 Å². The molecule has 5 rings (SSSR count). The maximum atomic E-state index is 13.4. The van der Waals surface area contributed by atoms with E-state index in [9.17, 15) is 4.79 Å². The van der Waals surface area contributed by atoms with Gasteiger partial charge in [-0.15, -0.1) is 0 Å². The van der Waals surface area contributed by atoms with Crippen LogP contribution in [0, 0.1) is 0 Å². The molecule has 6 heteroatoms. The zero-order valence-electron chi connectivity index (χ0n) is 18.2. The van der Waals surface area contributed by atoms with Crippen LogP contribution < -0.4 is 19.6 Å². The summed E-state index contributed by atoms with van der Waals surface area (Å²) < 4.78 is 23.4. The van der Waals surface area contributed by atoms with Gasteiger partial charge in [0.2, 0.25) is 5.43 Å². The van der Waals surface area contributed by atoms with Crippen molar-refractivity contribution in [3.8, 4) is 28.4 Å². The van der Waals surface area contributed by atoms with Crippen molar-refractivity contribution in [2.45, 2.75) is 26.4 Å². The van der Waals surface area contributed by atoms with E-state index in [4.69, 9.17) is 30.2 Å². The predicted molar refractivity (Wildman–Crippen MR) is 129 cm³/mol. The summed E-state index contributed by atoms with van der Waals surface area (Å²) in [5.41, 5.74) is 3.41. The van der Waals surface area contributed by atoms with Crippen molar-refractivity contribution in [1.29, 1.82) is 0 Å². The summed E-state index contributed by atoms with van der Waals surface area (Å²) in [5, 5.41) is 1.17. The average Bonchev–Trinajstić information content (AvgIpc) is 3.08. The number of hydrogen-bond donors (Lipinski definition) is 0. The molecule has 0 aliphatic carbocycles. The molecule has 1 aliphatic heterocycles. The van der Waals surface area contributed by atoms with Crippen LogP contribution in [0.2, 0.25) is 5.02 Å². The fourth-order valence-corrected chi connectivity index (χ4v) is 4.10. The highest BCUT2D eigenvalue weighted by atomic mass is 35.5. The second-order valence-electron chi connectivity index (χ2n) is 7.88. The van der Waals surface area contributed by atoms with Gasteiger partial charge in [-0.05, 0) is 41.8 Å². The van der Waals surface area contributed by atoms with E-state index in [0.717, 1.165) is 23.1 Å². The van der Waals surface area contributed by atoms with E-state index in [2.05, 4.69) is 0 Å². The lowest BCUT2D eigenvalue weighted by atomic mass is 10.0. The smallest absolute Gasteiger partial charge is 0.200 e. The summed E-state index contributed by atoms with van der Waals surface area (Å²) in [6.07, 6.45) is 3.03. The lowest BCUT2D eigenvalue weighted by Gasteiger charge is -2.13. The molecule has 0 fully saturated rings. The van der Waals surface area contributed by atoms with Crippen molar-refractivity contribution in [3.05, 3.63) is 87.2 Å². The molecule has 168 valence electrons. The summed E-state index contributed by atoms with van der Waals surface area (Å²) in [6, 6.07) is 16.7. The molecule has 0 atom stereocenters. The van der Waals surface area contributed by atoms with E-state index in [1.807, 2.05) is 55.5 Å². The van der Waals surface area contributed by atoms with E-state index in [1.54, 1.807) is 6.07 Å². The minimum Gasteiger partial charge on any atom is -0.490 e. The van der Waals surface area contributed by atoms with E-state index in [-0.39, 0.29) is 5.43 Å². The highest BCUT2D eigenvalue weighted by Gasteiger charge is 2.16. The van der Waals surface area contributed by atoms with Crippen LogP contribution in [0.1, 0.15) is 24.5 Å². The zero-order valence-corrected chi connectivity index (χ0v) is 19.0. The fourth-order valence-electron chi connectivity index (χ4n) is 3.91. The van der Waals surface area contributed by atoms with E-state index >= 15 is 0 Å². The third-order valence-electron chi connectivity index (χ3n) is 5.74. The zero-order chi connectivity index (χ0) is 22.8. The normalized spacial score (nSPS) is 13.0. The van der Waals surface area contributed by atoms with Gasteiger partial charge in [-0.2, -0.15) is 0 Å². The number of hydrogen-bond acceptors (Lipinski definition) is 5. The van der Waals surface area contributed by atoms with Crippen LogP contribution >= 0.6 is 11.6 Å². The number of halogens is 1. The molecule has 2 heterocycles. The summed E-state index contributed by atoms with van der Waals surface area (Å²) >= 11 is 6.25. The standard InChI is InChI=1S/C27H23ClO5/c1-2-17-12-20-25(14-24(17)32-15-19-6-3-4-7-22(19)28)33-16-21(27(20)29)18-8-9-23-26(13-18)31-11-5-10-30-23/h3-4,6-9,12-14,16H,2,5,10-11,15H2,1H3. The van der Waals surface area contributed by atoms with Crippen molar-refractivity contribution >= 4 is 22.6 Å². The van der Waals surface area contributed by atoms with Crippen LogP contribution in [-0.2, 0) is 13.0 Å². The monoisotopic (exact) mass is 462 g/mol. The molecule has 5 nitrogen and oxygen atoms in total. The summed E-state index contributed by atoms with van der Waals surface area (Å²) in [4.78, 5) is 13.4. The van der Waals surface area contributed by atoms with Gasteiger partial charge in [-0.1, -0.05) is 42.8 Å². The molecule has 3 aromatic carbocycles. The molecule has 0 bridgehead atoms. The molecule has 1 aromatic heterocycles. The molecule has 33 heavy (non-hydrogen) atoms. The number of aryl methyl sites for hydroxylation is 1. The lowest BCUT2D eigenvalue weighted by Crippen LogP contribution is -2.07. The third kappa shape index (κ3) is 4.29. The minimum absolute atomic E-state index is 0.0990. The second kappa shape index (κ2) is 9.20. The van der Waals surface area contributed by atoms with Gasteiger partial charge in [0.1, 0.15) is 24.2 Å². The first kappa shape index (κ1) is 21.4. The Morgan fingerprint density at radius 1 is 0.970 bits per heavy atom. The van der Waals surface area contributed by atoms with Crippen molar-refractivity contribution < 1.29 is 18.6 Å². The number of rotatable bonds is 5. The lowest BCUT2D eigenvalue weighted by molar-refractivity contribution is 0.297. The van der Waals surface area contributed by atoms with Crippen molar-refractivity contribution in [2.75, 3.05) is 13.2 Å². The van der Waals surface area contributed by atoms with Gasteiger partial charge in [-0.25, -0.2) is 0 Å². The third-order valence-corrected chi connectivity index (χ3v) is 6.10. The molecule has 0 saturated carbocycles. The minimum atomic E-state index is -0.0990. The first-order valence-electron chi connectivity index (χ1n) is 11.0. The maximum Gasteiger partial charge on any atom is 0.200 e. The van der Waals surface area contributed by atoms with Crippen LogP contribution in [0.4, 0.5) is 0 Å². The van der Waals surface area contributed by atoms with Crippen molar-refractivity contribution in [3.63, 3.8) is 0 Å². The van der Waals surface area contributed by atoms with Crippen LogP contribution in [-0.4, -0.2) is 13.2 Å². The second-order valence-corrected chi connectivity index (χ2v) is 8.29. The summed E-state index contributed by atoms with van der Waals surface area (Å²) in [6.45, 7) is 3.56. The van der Waals surface area contributed by atoms with Crippen LogP contribution in [0.25, 0.3) is 22.1 Å². The van der Waals surface area contributed by atoms with Gasteiger partial charge in [0.05, 0.1) is 24.2 Å². The Bertz CT molecular complexity index is 1380. The quantitative estimate of drug-likeness (QED) is 0.342. The van der Waals surface area contributed by atoms with Gasteiger partial charge in [0, 0.05) is 23.1 Å². The molecule has 0 amide bonds. The predicted octanol–water partition coefficient (Wildman–Crippen LogP) is 6.42. The fraction of sp³-hybridized carbons (Fsp3) is 0.222. The number of fused-ring (bicyclic) bond motifs is 2. The van der Waals surface area contributed by atoms with Crippen LogP contribution in [0.15, 0.2) is 70.1 Å². The summed E-state index contributed by atoms with van der Waals surface area (Å²) in [7, 11) is 0. The van der Waals surface area contributed by atoms with Crippen molar-refractivity contribution in [1.82, 2.24) is 0 Å². The first-order valence-corrected chi connectivity index (χ1v) is 11.4. The topological polar surface area (TPSA) is 57.9 Å². The van der Waals surface area contributed by atoms with E-state index in [1.165, 1.54) is 6.26 Å². The maximum absolute atomic E-state index is 13.4. The molecule has 0 saturated heterocycles. The molecule has 0 spiro atoms. The molecule has 0 N–H and O–H groups in total. The van der Waals surface area contributed by atoms with Gasteiger partial charge in [0.25, 0.3) is 0 Å². The Morgan fingerprint density at radius 3 is 2.61 bits per heavy atom. The summed E-state index contributed by atoms with van der Waals surface area (Å²) in [5.74, 6) is 2.01. The molecule has 4 aromatic rings. The molecule has 1 aliphatic rings. The highest BCUT2D eigenvalue weighted by Crippen LogP contribution is 2.34. The highest BCUT2D eigenvalue weighted by molar-refractivity contribution is 6.31. The van der Waals surface area contributed by atoms with E-state index in [0.29, 0.717) is 65.0 Å². The number of benzene rings is 3. The Labute approximate surface area is 196 Å². The Kier molecular flexibility index (Phi) is 5.97. The molecule has 0 radical (unpaired) electrons.